The van der Waals surface area contributed by atoms with Gasteiger partial charge in [0.2, 0.25) is 0 Å². The van der Waals surface area contributed by atoms with Crippen molar-refractivity contribution in [2.45, 2.75) is 23.9 Å². The Kier molecular flexibility index (Phi) is 6.07. The van der Waals surface area contributed by atoms with E-state index in [2.05, 4.69) is 4.98 Å². The molecular formula is C20H11F9INO. The maximum Gasteiger partial charge on any atom is 0.460 e. The van der Waals surface area contributed by atoms with Gasteiger partial charge in [0.1, 0.15) is 11.4 Å². The highest BCUT2D eigenvalue weighted by Crippen LogP contribution is 2.57. The molecule has 3 rings (SSSR count). The summed E-state index contributed by atoms with van der Waals surface area (Å²) in [4.78, 5) is 3.38. The molecule has 0 amide bonds. The summed E-state index contributed by atoms with van der Waals surface area (Å²) in [5.41, 5.74) is -2.11. The van der Waals surface area contributed by atoms with Crippen molar-refractivity contribution >= 4 is 33.5 Å². The van der Waals surface area contributed by atoms with Crippen LogP contribution in [0.5, 0.6) is 5.75 Å². The average Bonchev–Trinajstić information content (AvgIpc) is 2.72. The fourth-order valence-electron chi connectivity index (χ4n) is 2.96. The van der Waals surface area contributed by atoms with Gasteiger partial charge in [-0.25, -0.2) is 4.98 Å². The van der Waals surface area contributed by atoms with E-state index >= 15 is 0 Å². The first kappa shape index (κ1) is 24.4. The van der Waals surface area contributed by atoms with E-state index in [9.17, 15) is 39.5 Å². The van der Waals surface area contributed by atoms with E-state index in [-0.39, 0.29) is 27.8 Å². The lowest BCUT2D eigenvalue weighted by Gasteiger charge is -2.34. The van der Waals surface area contributed by atoms with Crippen molar-refractivity contribution in [3.8, 4) is 16.9 Å². The quantitative estimate of drug-likeness (QED) is 0.232. The molecule has 2 nitrogen and oxygen atoms in total. The summed E-state index contributed by atoms with van der Waals surface area (Å²) >= 11 is 1.19. The first-order chi connectivity index (χ1) is 14.7. The van der Waals surface area contributed by atoms with E-state index in [0.29, 0.717) is 0 Å². The van der Waals surface area contributed by atoms with Crippen molar-refractivity contribution in [1.29, 1.82) is 0 Å². The molecule has 0 saturated heterocycles. The van der Waals surface area contributed by atoms with Gasteiger partial charge in [0, 0.05) is 14.5 Å². The number of benzene rings is 2. The molecule has 1 heterocycles. The standard InChI is InChI=1S/C20H11F9INO/c1-32-11-7-8-13-12(9-11)14(10-5-3-2-4-6-10)15(30)16(31-13)17(21,22)18(23,24)19(25,26)20(27,28)29/h2-9H,1H3. The summed E-state index contributed by atoms with van der Waals surface area (Å²) in [5, 5.41) is 0.144. The molecule has 0 atom stereocenters. The van der Waals surface area contributed by atoms with Crippen LogP contribution < -0.4 is 4.74 Å². The van der Waals surface area contributed by atoms with Gasteiger partial charge in [-0.3, -0.25) is 0 Å². The number of hydrogen-bond donors (Lipinski definition) is 0. The molecular weight excluding hydrogens is 568 g/mol. The van der Waals surface area contributed by atoms with Gasteiger partial charge in [-0.1, -0.05) is 30.3 Å². The summed E-state index contributed by atoms with van der Waals surface area (Å²) in [6.07, 6.45) is -6.92. The Hall–Kier alpha value is -2.25. The molecule has 0 aliphatic heterocycles. The van der Waals surface area contributed by atoms with Crippen LogP contribution in [0.1, 0.15) is 5.69 Å². The number of ether oxygens (including phenoxy) is 1. The Morgan fingerprint density at radius 1 is 0.812 bits per heavy atom. The Balaban J connectivity index is 2.38. The van der Waals surface area contributed by atoms with Crippen molar-refractivity contribution in [2.75, 3.05) is 7.11 Å². The predicted octanol–water partition coefficient (Wildman–Crippen LogP) is 7.44. The highest BCUT2D eigenvalue weighted by atomic mass is 127. The molecule has 0 saturated carbocycles. The summed E-state index contributed by atoms with van der Waals surface area (Å²) < 4.78 is 127. The van der Waals surface area contributed by atoms with Crippen molar-refractivity contribution in [3.05, 3.63) is 57.8 Å². The maximum atomic E-state index is 14.8. The number of alkyl halides is 9. The van der Waals surface area contributed by atoms with Gasteiger partial charge in [0.15, 0.2) is 0 Å². The normalized spacial score (nSPS) is 13.5. The monoisotopic (exact) mass is 579 g/mol. The van der Waals surface area contributed by atoms with E-state index in [4.69, 9.17) is 4.74 Å². The smallest absolute Gasteiger partial charge is 0.460 e. The van der Waals surface area contributed by atoms with Crippen LogP contribution in [-0.2, 0) is 5.92 Å². The molecule has 32 heavy (non-hydrogen) atoms. The number of halogens is 10. The van der Waals surface area contributed by atoms with E-state index in [1.54, 1.807) is 6.07 Å². The van der Waals surface area contributed by atoms with Crippen molar-refractivity contribution in [1.82, 2.24) is 4.98 Å². The number of fused-ring (bicyclic) bond motifs is 1. The molecule has 3 aromatic rings. The van der Waals surface area contributed by atoms with Crippen LogP contribution in [0.4, 0.5) is 39.5 Å². The lowest BCUT2D eigenvalue weighted by Crippen LogP contribution is -2.59. The number of hydrogen-bond acceptors (Lipinski definition) is 2. The third-order valence-corrected chi connectivity index (χ3v) is 5.69. The lowest BCUT2D eigenvalue weighted by atomic mass is 9.95. The number of aromatic nitrogens is 1. The Labute approximate surface area is 188 Å². The minimum atomic E-state index is -7.02. The summed E-state index contributed by atoms with van der Waals surface area (Å²) in [5.74, 6) is -19.6. The molecule has 2 aromatic carbocycles. The highest BCUT2D eigenvalue weighted by Gasteiger charge is 2.82. The average molecular weight is 579 g/mol. The van der Waals surface area contributed by atoms with E-state index < -0.39 is 33.2 Å². The highest BCUT2D eigenvalue weighted by molar-refractivity contribution is 14.1. The summed E-state index contributed by atoms with van der Waals surface area (Å²) in [6, 6.07) is 11.2. The molecule has 0 radical (unpaired) electrons. The predicted molar refractivity (Wildman–Crippen MR) is 106 cm³/mol. The molecule has 0 spiro atoms. The van der Waals surface area contributed by atoms with Crippen LogP contribution in [-0.4, -0.2) is 30.1 Å². The second-order valence-corrected chi connectivity index (χ2v) is 7.70. The van der Waals surface area contributed by atoms with Gasteiger partial charge in [0.05, 0.1) is 12.6 Å². The van der Waals surface area contributed by atoms with Crippen LogP contribution in [0.3, 0.4) is 0 Å². The van der Waals surface area contributed by atoms with Crippen molar-refractivity contribution in [3.63, 3.8) is 0 Å². The van der Waals surface area contributed by atoms with Gasteiger partial charge >= 0.3 is 23.9 Å². The second kappa shape index (κ2) is 7.96. The fourth-order valence-corrected chi connectivity index (χ4v) is 4.03. The van der Waals surface area contributed by atoms with Gasteiger partial charge in [-0.05, 0) is 46.4 Å². The molecule has 0 fully saturated rings. The van der Waals surface area contributed by atoms with Gasteiger partial charge in [-0.15, -0.1) is 0 Å². The molecule has 0 unspecified atom stereocenters. The number of methoxy groups -OCH3 is 1. The lowest BCUT2D eigenvalue weighted by molar-refractivity contribution is -0.400. The van der Waals surface area contributed by atoms with Gasteiger partial charge in [-0.2, -0.15) is 39.5 Å². The van der Waals surface area contributed by atoms with Crippen molar-refractivity contribution < 1.29 is 44.3 Å². The van der Waals surface area contributed by atoms with E-state index in [1.165, 1.54) is 66.1 Å². The van der Waals surface area contributed by atoms with Crippen LogP contribution in [0, 0.1) is 3.57 Å². The van der Waals surface area contributed by atoms with Crippen molar-refractivity contribution in [2.24, 2.45) is 0 Å². The number of pyridine rings is 1. The molecule has 172 valence electrons. The van der Waals surface area contributed by atoms with Crippen LogP contribution in [0.25, 0.3) is 22.0 Å². The molecule has 0 aliphatic carbocycles. The minimum Gasteiger partial charge on any atom is -0.497 e. The Bertz CT molecular complexity index is 1150. The SMILES string of the molecule is COc1ccc2nc(C(F)(F)C(F)(F)C(F)(F)C(F)(F)F)c(I)c(-c3ccccc3)c2c1. The summed E-state index contributed by atoms with van der Waals surface area (Å²) in [6.45, 7) is 0. The zero-order valence-electron chi connectivity index (χ0n) is 15.8. The Morgan fingerprint density at radius 3 is 1.94 bits per heavy atom. The van der Waals surface area contributed by atoms with Crippen LogP contribution >= 0.6 is 22.6 Å². The molecule has 12 heteroatoms. The van der Waals surface area contributed by atoms with Crippen LogP contribution in [0.2, 0.25) is 0 Å². The van der Waals surface area contributed by atoms with E-state index in [1.807, 2.05) is 0 Å². The molecule has 1 aromatic heterocycles. The summed E-state index contributed by atoms with van der Waals surface area (Å²) in [7, 11) is 1.31. The first-order valence-electron chi connectivity index (χ1n) is 8.60. The van der Waals surface area contributed by atoms with Gasteiger partial charge in [0.25, 0.3) is 0 Å². The molecule has 0 N–H and O–H groups in total. The number of nitrogens with zero attached hydrogens (tertiary/aromatic N) is 1. The molecule has 0 bridgehead atoms. The fraction of sp³-hybridized carbons (Fsp3) is 0.250. The zero-order chi connectivity index (χ0) is 24.1. The topological polar surface area (TPSA) is 22.1 Å². The second-order valence-electron chi connectivity index (χ2n) is 6.62. The first-order valence-corrected chi connectivity index (χ1v) is 9.68. The van der Waals surface area contributed by atoms with Gasteiger partial charge < -0.3 is 4.74 Å². The third-order valence-electron chi connectivity index (χ3n) is 4.64. The maximum absolute atomic E-state index is 14.8. The van der Waals surface area contributed by atoms with E-state index in [0.717, 1.165) is 6.07 Å². The largest absolute Gasteiger partial charge is 0.497 e. The third kappa shape index (κ3) is 3.65. The minimum absolute atomic E-state index is 0.101. The zero-order valence-corrected chi connectivity index (χ0v) is 17.9. The Morgan fingerprint density at radius 2 is 1.41 bits per heavy atom. The number of rotatable bonds is 5. The van der Waals surface area contributed by atoms with Crippen LogP contribution in [0.15, 0.2) is 48.5 Å². The molecule has 0 aliphatic rings.